The average molecular weight is 262 g/mol. The maximum absolute atomic E-state index is 12.2. The van der Waals surface area contributed by atoms with Gasteiger partial charge < -0.3 is 9.47 Å². The molecule has 2 unspecified atom stereocenters. The molecule has 0 radical (unpaired) electrons. The van der Waals surface area contributed by atoms with Gasteiger partial charge in [0, 0.05) is 0 Å². The summed E-state index contributed by atoms with van der Waals surface area (Å²) in [4.78, 5) is 24.4. The van der Waals surface area contributed by atoms with Gasteiger partial charge in [0.1, 0.15) is 0 Å². The molecule has 0 N–H and O–H groups in total. The van der Waals surface area contributed by atoms with Gasteiger partial charge in [0.25, 0.3) is 0 Å². The Balaban J connectivity index is 1.62. The standard InChI is InChI=1S/C15H18O4/c1-15-10-4-5(10)7-9(14(17)19-3)8(13(16)18-2)6(4)11(15)12(7)15/h4-12H,1-3H3/t4-,5+,6-,7-,8+,9-,10?,11-,12-,15?/m1/s1. The Kier molecular flexibility index (Phi) is 1.52. The SMILES string of the molecule is COC(=O)[C@@H]1[C@H](C(=O)OC)[C@H]2[C@H]3C4[C@H]3[C@H]1[C@@H]1[C@@H]2C41C. The summed E-state index contributed by atoms with van der Waals surface area (Å²) < 4.78 is 9.99. The third-order valence-electron chi connectivity index (χ3n) is 7.45. The van der Waals surface area contributed by atoms with E-state index in [0.29, 0.717) is 40.9 Å². The zero-order chi connectivity index (χ0) is 13.3. The first kappa shape index (κ1) is 10.7. The number of rotatable bonds is 2. The Morgan fingerprint density at radius 1 is 0.789 bits per heavy atom. The monoisotopic (exact) mass is 262 g/mol. The molecule has 6 aliphatic rings. The van der Waals surface area contributed by atoms with Gasteiger partial charge in [0.2, 0.25) is 0 Å². The van der Waals surface area contributed by atoms with Crippen LogP contribution in [0, 0.1) is 58.7 Å². The summed E-state index contributed by atoms with van der Waals surface area (Å²) in [5.41, 5.74) is 0.444. The molecule has 0 spiro atoms. The molecule has 6 rings (SSSR count). The van der Waals surface area contributed by atoms with Crippen molar-refractivity contribution in [3.63, 3.8) is 0 Å². The molecule has 2 bridgehead atoms. The summed E-state index contributed by atoms with van der Waals surface area (Å²) in [6.07, 6.45) is 0. The first-order valence-electron chi connectivity index (χ1n) is 7.24. The molecule has 0 amide bonds. The minimum absolute atomic E-state index is 0.191. The van der Waals surface area contributed by atoms with Gasteiger partial charge in [-0.1, -0.05) is 6.92 Å². The van der Waals surface area contributed by atoms with E-state index in [1.54, 1.807) is 0 Å². The highest BCUT2D eigenvalue weighted by Gasteiger charge is 2.97. The lowest BCUT2D eigenvalue weighted by molar-refractivity contribution is -0.171. The number of carbonyl (C=O) groups is 2. The summed E-state index contributed by atoms with van der Waals surface area (Å²) in [5, 5.41) is 0. The van der Waals surface area contributed by atoms with Gasteiger partial charge in [0.15, 0.2) is 0 Å². The van der Waals surface area contributed by atoms with Crippen LogP contribution in [0.3, 0.4) is 0 Å². The molecule has 6 saturated carbocycles. The molecular weight excluding hydrogens is 244 g/mol. The van der Waals surface area contributed by atoms with Crippen LogP contribution in [0.5, 0.6) is 0 Å². The fraction of sp³-hybridized carbons (Fsp3) is 0.867. The van der Waals surface area contributed by atoms with Gasteiger partial charge in [-0.15, -0.1) is 0 Å². The van der Waals surface area contributed by atoms with Crippen LogP contribution in [-0.4, -0.2) is 26.2 Å². The smallest absolute Gasteiger partial charge is 0.309 e. The van der Waals surface area contributed by atoms with Crippen molar-refractivity contribution in [2.45, 2.75) is 6.92 Å². The fourth-order valence-electron chi connectivity index (χ4n) is 7.30. The zero-order valence-corrected chi connectivity index (χ0v) is 11.3. The number of carbonyl (C=O) groups excluding carboxylic acids is 2. The minimum atomic E-state index is -0.237. The molecule has 0 aliphatic heterocycles. The van der Waals surface area contributed by atoms with Crippen molar-refractivity contribution < 1.29 is 19.1 Å². The average Bonchev–Trinajstić information content (AvgIpc) is 3.26. The number of methoxy groups -OCH3 is 2. The van der Waals surface area contributed by atoms with E-state index >= 15 is 0 Å². The van der Waals surface area contributed by atoms with Crippen LogP contribution in [-0.2, 0) is 19.1 Å². The van der Waals surface area contributed by atoms with Crippen LogP contribution in [0.4, 0.5) is 0 Å². The number of fused-ring (bicyclic) bond motifs is 1. The third kappa shape index (κ3) is 0.796. The van der Waals surface area contributed by atoms with Gasteiger partial charge in [-0.25, -0.2) is 0 Å². The van der Waals surface area contributed by atoms with Gasteiger partial charge >= 0.3 is 11.9 Å². The molecule has 10 atom stereocenters. The van der Waals surface area contributed by atoms with Crippen molar-refractivity contribution in [1.82, 2.24) is 0 Å². The lowest BCUT2D eigenvalue weighted by atomic mass is 9.58. The maximum Gasteiger partial charge on any atom is 0.309 e. The predicted molar refractivity (Wildman–Crippen MR) is 63.5 cm³/mol. The van der Waals surface area contributed by atoms with Gasteiger partial charge in [-0.05, 0) is 46.8 Å². The van der Waals surface area contributed by atoms with Crippen LogP contribution in [0.15, 0.2) is 0 Å². The van der Waals surface area contributed by atoms with Gasteiger partial charge in [-0.2, -0.15) is 0 Å². The largest absolute Gasteiger partial charge is 0.469 e. The van der Waals surface area contributed by atoms with Crippen LogP contribution in [0.2, 0.25) is 0 Å². The van der Waals surface area contributed by atoms with E-state index in [0.717, 1.165) is 5.92 Å². The second-order valence-electron chi connectivity index (χ2n) is 7.35. The highest BCUT2D eigenvalue weighted by atomic mass is 16.5. The summed E-state index contributed by atoms with van der Waals surface area (Å²) in [6, 6.07) is 0. The van der Waals surface area contributed by atoms with Crippen molar-refractivity contribution in [3.05, 3.63) is 0 Å². The summed E-state index contributed by atoms with van der Waals surface area (Å²) in [7, 11) is 2.87. The third-order valence-corrected chi connectivity index (χ3v) is 7.45. The van der Waals surface area contributed by atoms with Crippen LogP contribution in [0.1, 0.15) is 6.92 Å². The summed E-state index contributed by atoms with van der Waals surface area (Å²) >= 11 is 0. The van der Waals surface area contributed by atoms with Crippen LogP contribution >= 0.6 is 0 Å². The highest BCUT2D eigenvalue weighted by molar-refractivity contribution is 5.84. The van der Waals surface area contributed by atoms with E-state index in [9.17, 15) is 9.59 Å². The van der Waals surface area contributed by atoms with Gasteiger partial charge in [-0.3, -0.25) is 9.59 Å². The summed E-state index contributed by atoms with van der Waals surface area (Å²) in [5.74, 6) is 3.50. The number of hydrogen-bond donors (Lipinski definition) is 0. The molecular formula is C15H18O4. The Bertz CT molecular complexity index is 484. The van der Waals surface area contributed by atoms with Crippen molar-refractivity contribution in [3.8, 4) is 0 Å². The Hall–Kier alpha value is -1.06. The topological polar surface area (TPSA) is 52.6 Å². The second-order valence-corrected chi connectivity index (χ2v) is 7.35. The van der Waals surface area contributed by atoms with Crippen molar-refractivity contribution in [1.29, 1.82) is 0 Å². The lowest BCUT2D eigenvalue weighted by Crippen LogP contribution is -2.51. The molecule has 4 nitrogen and oxygen atoms in total. The first-order valence-corrected chi connectivity index (χ1v) is 7.24. The van der Waals surface area contributed by atoms with E-state index in [4.69, 9.17) is 9.47 Å². The van der Waals surface area contributed by atoms with Crippen LogP contribution in [0.25, 0.3) is 0 Å². The Labute approximate surface area is 111 Å². The van der Waals surface area contributed by atoms with Crippen molar-refractivity contribution in [2.24, 2.45) is 58.7 Å². The van der Waals surface area contributed by atoms with E-state index in [1.807, 2.05) is 0 Å². The molecule has 0 saturated heterocycles. The molecule has 0 aromatic rings. The lowest BCUT2D eigenvalue weighted by Gasteiger charge is -2.44. The number of hydrogen-bond acceptors (Lipinski definition) is 4. The van der Waals surface area contributed by atoms with E-state index < -0.39 is 0 Å². The van der Waals surface area contributed by atoms with Crippen LogP contribution < -0.4 is 0 Å². The van der Waals surface area contributed by atoms with E-state index in [2.05, 4.69) is 6.92 Å². The molecule has 6 fully saturated rings. The normalized spacial score (nSPS) is 64.7. The maximum atomic E-state index is 12.2. The highest BCUT2D eigenvalue weighted by Crippen LogP contribution is 2.98. The summed E-state index contributed by atoms with van der Waals surface area (Å²) in [6.45, 7) is 2.38. The van der Waals surface area contributed by atoms with Gasteiger partial charge in [0.05, 0.1) is 26.1 Å². The fourth-order valence-corrected chi connectivity index (χ4v) is 7.30. The predicted octanol–water partition coefficient (Wildman–Crippen LogP) is 0.952. The minimum Gasteiger partial charge on any atom is -0.469 e. The molecule has 6 aliphatic carbocycles. The Morgan fingerprint density at radius 2 is 1.21 bits per heavy atom. The van der Waals surface area contributed by atoms with Crippen molar-refractivity contribution in [2.75, 3.05) is 14.2 Å². The van der Waals surface area contributed by atoms with Crippen molar-refractivity contribution >= 4 is 11.9 Å². The Morgan fingerprint density at radius 3 is 1.47 bits per heavy atom. The quantitative estimate of drug-likeness (QED) is 0.695. The number of ether oxygens (including phenoxy) is 2. The zero-order valence-electron chi connectivity index (χ0n) is 11.3. The molecule has 4 heteroatoms. The second kappa shape index (κ2) is 2.70. The first-order chi connectivity index (χ1) is 9.08. The van der Waals surface area contributed by atoms with E-state index in [1.165, 1.54) is 14.2 Å². The molecule has 0 heterocycles. The molecule has 0 aromatic heterocycles. The molecule has 19 heavy (non-hydrogen) atoms. The van der Waals surface area contributed by atoms with E-state index in [-0.39, 0.29) is 23.8 Å². The molecule has 0 aromatic carbocycles. The number of esters is 2. The molecule has 102 valence electrons.